The van der Waals surface area contributed by atoms with Gasteiger partial charge in [-0.3, -0.25) is 30.4 Å². The second-order valence-electron chi connectivity index (χ2n) is 7.02. The summed E-state index contributed by atoms with van der Waals surface area (Å²) < 4.78 is 0. The summed E-state index contributed by atoms with van der Waals surface area (Å²) in [5, 5.41) is 17.5. The van der Waals surface area contributed by atoms with Crippen LogP contribution < -0.4 is 10.6 Å². The third-order valence-electron chi connectivity index (χ3n) is 5.19. The summed E-state index contributed by atoms with van der Waals surface area (Å²) in [6.07, 6.45) is 1.32. The van der Waals surface area contributed by atoms with Crippen LogP contribution in [0, 0.1) is 16.0 Å². The van der Waals surface area contributed by atoms with E-state index >= 15 is 0 Å². The molecule has 2 aliphatic heterocycles. The second-order valence-corrected chi connectivity index (χ2v) is 8.27. The van der Waals surface area contributed by atoms with Crippen LogP contribution in [-0.2, 0) is 4.79 Å². The lowest BCUT2D eigenvalue weighted by atomic mass is 9.96. The highest BCUT2D eigenvalue weighted by molar-refractivity contribution is 7.99. The van der Waals surface area contributed by atoms with Crippen molar-refractivity contribution in [2.45, 2.75) is 37.5 Å². The Morgan fingerprint density at radius 3 is 2.46 bits per heavy atom. The number of benzene rings is 1. The molecule has 0 bridgehead atoms. The molecule has 2 heterocycles. The minimum absolute atomic E-state index is 0.0214. The maximum absolute atomic E-state index is 12.8. The first kappa shape index (κ1) is 20.6. The molecule has 2 N–H and O–H groups in total. The summed E-state index contributed by atoms with van der Waals surface area (Å²) >= 11 is 1.68. The number of non-ortho nitro benzene ring substituents is 1. The number of nitrogens with zero attached hydrogens (tertiary/aromatic N) is 3. The van der Waals surface area contributed by atoms with Crippen LogP contribution in [-0.4, -0.2) is 58.0 Å². The summed E-state index contributed by atoms with van der Waals surface area (Å²) in [5.41, 5.74) is 0.838. The molecule has 4 atom stereocenters. The van der Waals surface area contributed by atoms with Crippen LogP contribution in [0.4, 0.5) is 10.5 Å². The first-order valence-electron chi connectivity index (χ1n) is 9.27. The van der Waals surface area contributed by atoms with Crippen molar-refractivity contribution in [3.8, 4) is 0 Å². The number of carbonyl (C=O) groups excluding carboxylic acids is 2. The van der Waals surface area contributed by atoms with Gasteiger partial charge in [0.2, 0.25) is 5.91 Å². The zero-order valence-corrected chi connectivity index (χ0v) is 16.9. The molecule has 2 fully saturated rings. The van der Waals surface area contributed by atoms with Crippen LogP contribution in [0.1, 0.15) is 31.5 Å². The van der Waals surface area contributed by atoms with Gasteiger partial charge in [0, 0.05) is 26.2 Å². The Hall–Kier alpha value is -2.17. The Bertz CT molecular complexity index is 759. The fourth-order valence-electron chi connectivity index (χ4n) is 3.53. The molecular weight excluding hydrogens is 382 g/mol. The van der Waals surface area contributed by atoms with Gasteiger partial charge in [0.1, 0.15) is 0 Å². The second kappa shape index (κ2) is 8.46. The molecular formula is C18H25N5O4S. The van der Waals surface area contributed by atoms with E-state index in [1.807, 2.05) is 0 Å². The molecule has 0 radical (unpaired) electrons. The lowest BCUT2D eigenvalue weighted by molar-refractivity contribution is -0.384. The van der Waals surface area contributed by atoms with Crippen LogP contribution in [0.15, 0.2) is 24.3 Å². The van der Waals surface area contributed by atoms with Crippen LogP contribution in [0.5, 0.6) is 0 Å². The first-order valence-corrected chi connectivity index (χ1v) is 10.3. The van der Waals surface area contributed by atoms with Crippen molar-refractivity contribution in [3.63, 3.8) is 0 Å². The Kier molecular flexibility index (Phi) is 6.21. The van der Waals surface area contributed by atoms with E-state index in [1.165, 1.54) is 24.1 Å². The summed E-state index contributed by atoms with van der Waals surface area (Å²) in [6.45, 7) is 2.12. The topological polar surface area (TPSA) is 108 Å². The average molecular weight is 407 g/mol. The third-order valence-corrected chi connectivity index (χ3v) is 6.50. The van der Waals surface area contributed by atoms with Gasteiger partial charge in [0.05, 0.1) is 28.5 Å². The number of nitro groups is 1. The van der Waals surface area contributed by atoms with Gasteiger partial charge in [0.25, 0.3) is 5.69 Å². The predicted octanol–water partition coefficient (Wildman–Crippen LogP) is 2.11. The van der Waals surface area contributed by atoms with E-state index in [4.69, 9.17) is 0 Å². The van der Waals surface area contributed by atoms with Crippen LogP contribution in [0.25, 0.3) is 0 Å². The van der Waals surface area contributed by atoms with E-state index in [0.717, 1.165) is 24.2 Å². The molecule has 4 unspecified atom stereocenters. The number of nitro benzene ring substituents is 1. The van der Waals surface area contributed by atoms with Gasteiger partial charge < -0.3 is 4.90 Å². The fourth-order valence-corrected chi connectivity index (χ4v) is 4.95. The number of thioether (sulfide) groups is 1. The highest BCUT2D eigenvalue weighted by Crippen LogP contribution is 2.34. The minimum Gasteiger partial charge on any atom is -0.311 e. The largest absolute Gasteiger partial charge is 0.327 e. The number of rotatable bonds is 6. The molecule has 2 aliphatic rings. The van der Waals surface area contributed by atoms with Gasteiger partial charge in [-0.15, -0.1) is 11.8 Å². The molecule has 3 rings (SSSR count). The number of hydrogen-bond acceptors (Lipinski definition) is 7. The molecule has 1 aromatic rings. The standard InChI is InChI=1S/C18H25N5O4S/c1-4-5-10-28-16-13-15(21(2)18(25)22(3)17(13)24)19-14(20-16)11-6-8-12(9-7-11)23(26)27/h6-9,13-16,19-20H,4-5,10H2,1-3H3. The molecule has 0 aliphatic carbocycles. The van der Waals surface area contributed by atoms with E-state index < -0.39 is 17.0 Å². The van der Waals surface area contributed by atoms with Crippen LogP contribution in [0.2, 0.25) is 0 Å². The van der Waals surface area contributed by atoms with E-state index in [2.05, 4.69) is 17.6 Å². The third kappa shape index (κ3) is 3.85. The molecule has 28 heavy (non-hydrogen) atoms. The quantitative estimate of drug-likeness (QED) is 0.422. The highest BCUT2D eigenvalue weighted by atomic mass is 32.2. The van der Waals surface area contributed by atoms with Crippen LogP contribution in [0.3, 0.4) is 0 Å². The summed E-state index contributed by atoms with van der Waals surface area (Å²) in [4.78, 5) is 38.4. The molecule has 0 aromatic heterocycles. The van der Waals surface area contributed by atoms with Gasteiger partial charge >= 0.3 is 6.03 Å². The van der Waals surface area contributed by atoms with Crippen molar-refractivity contribution in [3.05, 3.63) is 39.9 Å². The van der Waals surface area contributed by atoms with Crippen molar-refractivity contribution in [2.75, 3.05) is 19.8 Å². The summed E-state index contributed by atoms with van der Waals surface area (Å²) in [7, 11) is 3.19. The van der Waals surface area contributed by atoms with Crippen molar-refractivity contribution >= 4 is 29.4 Å². The van der Waals surface area contributed by atoms with Crippen molar-refractivity contribution in [2.24, 2.45) is 5.92 Å². The Morgan fingerprint density at radius 2 is 1.86 bits per heavy atom. The number of fused-ring (bicyclic) bond motifs is 1. The molecule has 9 nitrogen and oxygen atoms in total. The zero-order valence-electron chi connectivity index (χ0n) is 16.1. The smallest absolute Gasteiger partial charge is 0.311 e. The molecule has 3 amide bonds. The molecule has 152 valence electrons. The number of hydrogen-bond donors (Lipinski definition) is 2. The van der Waals surface area contributed by atoms with Crippen molar-refractivity contribution in [1.29, 1.82) is 0 Å². The fraction of sp³-hybridized carbons (Fsp3) is 0.556. The average Bonchev–Trinajstić information content (AvgIpc) is 2.70. The number of amides is 3. The SMILES string of the molecule is CCCCSC1NC(c2ccc([N+](=O)[O-])cc2)NC2C1C(=O)N(C)C(=O)N2C. The van der Waals surface area contributed by atoms with Crippen LogP contribution >= 0.6 is 11.8 Å². The zero-order chi connectivity index (χ0) is 20.4. The lowest BCUT2D eigenvalue weighted by Gasteiger charge is -2.50. The molecule has 0 saturated carbocycles. The Labute approximate surface area is 168 Å². The number of imide groups is 1. The van der Waals surface area contributed by atoms with E-state index in [1.54, 1.807) is 35.8 Å². The summed E-state index contributed by atoms with van der Waals surface area (Å²) in [5.74, 6) is 0.284. The Morgan fingerprint density at radius 1 is 1.18 bits per heavy atom. The molecule has 10 heteroatoms. The van der Waals surface area contributed by atoms with Gasteiger partial charge in [-0.05, 0) is 29.9 Å². The number of nitrogens with one attached hydrogen (secondary N) is 2. The maximum atomic E-state index is 12.8. The lowest BCUT2D eigenvalue weighted by Crippen LogP contribution is -2.72. The normalized spacial score (nSPS) is 27.7. The molecule has 1 aromatic carbocycles. The number of urea groups is 1. The highest BCUT2D eigenvalue weighted by Gasteiger charge is 2.50. The molecule has 2 saturated heterocycles. The van der Waals surface area contributed by atoms with E-state index in [0.29, 0.717) is 0 Å². The Balaban J connectivity index is 1.87. The molecule has 0 spiro atoms. The van der Waals surface area contributed by atoms with E-state index in [-0.39, 0.29) is 29.2 Å². The maximum Gasteiger partial charge on any atom is 0.327 e. The number of carbonyl (C=O) groups is 2. The monoisotopic (exact) mass is 407 g/mol. The minimum atomic E-state index is -0.447. The van der Waals surface area contributed by atoms with Gasteiger partial charge in [-0.25, -0.2) is 4.79 Å². The van der Waals surface area contributed by atoms with Crippen molar-refractivity contribution in [1.82, 2.24) is 20.4 Å². The van der Waals surface area contributed by atoms with Gasteiger partial charge in [-0.2, -0.15) is 0 Å². The van der Waals surface area contributed by atoms with E-state index in [9.17, 15) is 19.7 Å². The summed E-state index contributed by atoms with van der Waals surface area (Å²) in [6, 6.07) is 5.95. The van der Waals surface area contributed by atoms with Crippen molar-refractivity contribution < 1.29 is 14.5 Å². The predicted molar refractivity (Wildman–Crippen MR) is 106 cm³/mol. The van der Waals surface area contributed by atoms with Gasteiger partial charge in [-0.1, -0.05) is 13.3 Å². The number of unbranched alkanes of at least 4 members (excludes halogenated alkanes) is 1. The first-order chi connectivity index (χ1) is 13.3. The van der Waals surface area contributed by atoms with Gasteiger partial charge in [0.15, 0.2) is 0 Å².